The number of benzene rings is 1. The SMILES string of the molecule is CCC1CCCN(CC(O)c2ccc3c(c2)OCO3)CC1. The number of hydrogen-bond acceptors (Lipinski definition) is 4. The predicted molar refractivity (Wildman–Crippen MR) is 81.6 cm³/mol. The lowest BCUT2D eigenvalue weighted by atomic mass is 9.98. The third-order valence-electron chi connectivity index (χ3n) is 4.73. The fraction of sp³-hybridized carbons (Fsp3) is 0.647. The molecule has 2 aliphatic heterocycles. The summed E-state index contributed by atoms with van der Waals surface area (Å²) < 4.78 is 10.7. The summed E-state index contributed by atoms with van der Waals surface area (Å²) in [5.74, 6) is 2.37. The maximum absolute atomic E-state index is 10.5. The Labute approximate surface area is 126 Å². The number of likely N-dealkylation sites (tertiary alicyclic amines) is 1. The molecule has 0 bridgehead atoms. The smallest absolute Gasteiger partial charge is 0.231 e. The second-order valence-electron chi connectivity index (χ2n) is 6.13. The Hall–Kier alpha value is -1.26. The van der Waals surface area contributed by atoms with Gasteiger partial charge in [0.15, 0.2) is 11.5 Å². The maximum atomic E-state index is 10.5. The average molecular weight is 291 g/mol. The van der Waals surface area contributed by atoms with Crippen LogP contribution < -0.4 is 9.47 Å². The van der Waals surface area contributed by atoms with Gasteiger partial charge < -0.3 is 19.5 Å². The van der Waals surface area contributed by atoms with Crippen molar-refractivity contribution in [3.8, 4) is 11.5 Å². The molecule has 0 radical (unpaired) electrons. The summed E-state index contributed by atoms with van der Waals surface area (Å²) in [5.41, 5.74) is 0.913. The standard InChI is InChI=1S/C17H25NO3/c1-2-13-4-3-8-18(9-7-13)11-15(19)14-5-6-16-17(10-14)21-12-20-16/h5-6,10,13,15,19H,2-4,7-9,11-12H2,1H3. The van der Waals surface area contributed by atoms with E-state index in [-0.39, 0.29) is 6.79 Å². The minimum absolute atomic E-state index is 0.277. The molecular formula is C17H25NO3. The molecule has 4 heteroatoms. The van der Waals surface area contributed by atoms with Gasteiger partial charge in [-0.25, -0.2) is 0 Å². The van der Waals surface area contributed by atoms with Gasteiger partial charge in [-0.05, 0) is 56.0 Å². The topological polar surface area (TPSA) is 41.9 Å². The zero-order chi connectivity index (χ0) is 14.7. The lowest BCUT2D eigenvalue weighted by Crippen LogP contribution is -2.29. The molecule has 1 aromatic rings. The Balaban J connectivity index is 1.59. The number of fused-ring (bicyclic) bond motifs is 1. The molecule has 21 heavy (non-hydrogen) atoms. The van der Waals surface area contributed by atoms with Crippen molar-refractivity contribution in [2.24, 2.45) is 5.92 Å². The Kier molecular flexibility index (Phi) is 4.66. The van der Waals surface area contributed by atoms with Crippen molar-refractivity contribution >= 4 is 0 Å². The first kappa shape index (κ1) is 14.7. The molecule has 0 amide bonds. The Morgan fingerprint density at radius 1 is 1.24 bits per heavy atom. The Morgan fingerprint density at radius 2 is 2.10 bits per heavy atom. The molecule has 0 aliphatic carbocycles. The molecule has 2 heterocycles. The average Bonchev–Trinajstić information content (AvgIpc) is 2.86. The normalized spacial score (nSPS) is 23.8. The Morgan fingerprint density at radius 3 is 2.95 bits per heavy atom. The number of β-amino-alcohol motifs (C(OH)–C–C–N with tert-alkyl or cyclic N) is 1. The van der Waals surface area contributed by atoms with Crippen LogP contribution in [-0.4, -0.2) is 36.4 Å². The first-order valence-electron chi connectivity index (χ1n) is 8.06. The first-order valence-corrected chi connectivity index (χ1v) is 8.06. The first-order chi connectivity index (χ1) is 10.3. The summed E-state index contributed by atoms with van der Waals surface area (Å²) in [6.45, 7) is 5.45. The summed E-state index contributed by atoms with van der Waals surface area (Å²) in [5, 5.41) is 10.5. The number of aliphatic hydroxyl groups is 1. The Bertz CT molecular complexity index is 477. The van der Waals surface area contributed by atoms with E-state index in [1.807, 2.05) is 18.2 Å². The van der Waals surface area contributed by atoms with E-state index < -0.39 is 6.10 Å². The van der Waals surface area contributed by atoms with E-state index in [0.717, 1.165) is 36.1 Å². The number of ether oxygens (including phenoxy) is 2. The highest BCUT2D eigenvalue weighted by Crippen LogP contribution is 2.34. The minimum Gasteiger partial charge on any atom is -0.454 e. The van der Waals surface area contributed by atoms with Crippen LogP contribution in [0.1, 0.15) is 44.3 Å². The zero-order valence-electron chi connectivity index (χ0n) is 12.8. The van der Waals surface area contributed by atoms with Crippen molar-refractivity contribution in [2.75, 3.05) is 26.4 Å². The highest BCUT2D eigenvalue weighted by atomic mass is 16.7. The lowest BCUT2D eigenvalue weighted by molar-refractivity contribution is 0.114. The van der Waals surface area contributed by atoms with Gasteiger partial charge in [-0.3, -0.25) is 0 Å². The van der Waals surface area contributed by atoms with Crippen molar-refractivity contribution in [3.05, 3.63) is 23.8 Å². The summed E-state index contributed by atoms with van der Waals surface area (Å²) in [7, 11) is 0. The minimum atomic E-state index is -0.460. The number of hydrogen-bond donors (Lipinski definition) is 1. The van der Waals surface area contributed by atoms with E-state index in [2.05, 4.69) is 11.8 Å². The van der Waals surface area contributed by atoms with E-state index in [4.69, 9.17) is 9.47 Å². The van der Waals surface area contributed by atoms with Crippen molar-refractivity contribution in [3.63, 3.8) is 0 Å². The quantitative estimate of drug-likeness (QED) is 0.926. The zero-order valence-corrected chi connectivity index (χ0v) is 12.8. The summed E-state index contributed by atoms with van der Waals surface area (Å²) in [6.07, 6.45) is 4.64. The van der Waals surface area contributed by atoms with E-state index in [1.165, 1.54) is 25.7 Å². The van der Waals surface area contributed by atoms with Crippen LogP contribution in [0.15, 0.2) is 18.2 Å². The van der Waals surface area contributed by atoms with Crippen LogP contribution in [0.4, 0.5) is 0 Å². The molecule has 116 valence electrons. The van der Waals surface area contributed by atoms with Gasteiger partial charge in [-0.15, -0.1) is 0 Å². The van der Waals surface area contributed by atoms with E-state index in [0.29, 0.717) is 6.54 Å². The van der Waals surface area contributed by atoms with Crippen LogP contribution in [-0.2, 0) is 0 Å². The van der Waals surface area contributed by atoms with E-state index >= 15 is 0 Å². The van der Waals surface area contributed by atoms with Crippen LogP contribution in [0, 0.1) is 5.92 Å². The highest BCUT2D eigenvalue weighted by molar-refractivity contribution is 5.45. The molecule has 2 unspecified atom stereocenters. The molecule has 1 N–H and O–H groups in total. The van der Waals surface area contributed by atoms with Gasteiger partial charge in [0.1, 0.15) is 0 Å². The van der Waals surface area contributed by atoms with Crippen LogP contribution in [0.3, 0.4) is 0 Å². The fourth-order valence-corrected chi connectivity index (χ4v) is 3.29. The molecule has 0 saturated carbocycles. The van der Waals surface area contributed by atoms with Gasteiger partial charge in [0.25, 0.3) is 0 Å². The summed E-state index contributed by atoms with van der Waals surface area (Å²) >= 11 is 0. The molecule has 1 fully saturated rings. The third-order valence-corrected chi connectivity index (χ3v) is 4.73. The summed E-state index contributed by atoms with van der Waals surface area (Å²) in [6, 6.07) is 5.72. The van der Waals surface area contributed by atoms with Crippen LogP contribution in [0.2, 0.25) is 0 Å². The lowest BCUT2D eigenvalue weighted by Gasteiger charge is -2.23. The number of aliphatic hydroxyl groups excluding tert-OH is 1. The van der Waals surface area contributed by atoms with Crippen LogP contribution >= 0.6 is 0 Å². The van der Waals surface area contributed by atoms with Gasteiger partial charge in [0, 0.05) is 6.54 Å². The maximum Gasteiger partial charge on any atom is 0.231 e. The molecule has 2 aliphatic rings. The largest absolute Gasteiger partial charge is 0.454 e. The van der Waals surface area contributed by atoms with E-state index in [9.17, 15) is 5.11 Å². The second-order valence-corrected chi connectivity index (χ2v) is 6.13. The van der Waals surface area contributed by atoms with Crippen molar-refractivity contribution in [1.29, 1.82) is 0 Å². The molecule has 1 aromatic carbocycles. The van der Waals surface area contributed by atoms with Crippen molar-refractivity contribution < 1.29 is 14.6 Å². The van der Waals surface area contributed by atoms with Crippen LogP contribution in [0.25, 0.3) is 0 Å². The second kappa shape index (κ2) is 6.67. The van der Waals surface area contributed by atoms with Crippen LogP contribution in [0.5, 0.6) is 11.5 Å². The van der Waals surface area contributed by atoms with Crippen molar-refractivity contribution in [2.45, 2.75) is 38.7 Å². The predicted octanol–water partition coefficient (Wildman–Crippen LogP) is 2.96. The molecule has 2 atom stereocenters. The molecule has 0 spiro atoms. The summed E-state index contributed by atoms with van der Waals surface area (Å²) in [4.78, 5) is 2.39. The fourth-order valence-electron chi connectivity index (χ4n) is 3.29. The van der Waals surface area contributed by atoms with Gasteiger partial charge in [-0.2, -0.15) is 0 Å². The molecule has 4 nitrogen and oxygen atoms in total. The van der Waals surface area contributed by atoms with Gasteiger partial charge in [0.2, 0.25) is 6.79 Å². The number of nitrogens with zero attached hydrogens (tertiary/aromatic N) is 1. The van der Waals surface area contributed by atoms with Crippen molar-refractivity contribution in [1.82, 2.24) is 4.90 Å². The molecular weight excluding hydrogens is 266 g/mol. The molecule has 1 saturated heterocycles. The van der Waals surface area contributed by atoms with Gasteiger partial charge in [-0.1, -0.05) is 19.4 Å². The number of rotatable bonds is 4. The monoisotopic (exact) mass is 291 g/mol. The molecule has 3 rings (SSSR count). The highest BCUT2D eigenvalue weighted by Gasteiger charge is 2.21. The third kappa shape index (κ3) is 3.50. The van der Waals surface area contributed by atoms with E-state index in [1.54, 1.807) is 0 Å². The molecule has 0 aromatic heterocycles. The van der Waals surface area contributed by atoms with Gasteiger partial charge in [0.05, 0.1) is 6.10 Å². The van der Waals surface area contributed by atoms with Gasteiger partial charge >= 0.3 is 0 Å².